The SMILES string of the molecule is CC1(c2cc(N3CCOCC3)nc3c2c(N)nn3-c2ccn[nH]2)CC2CCC(C1)O2. The minimum Gasteiger partial charge on any atom is -0.382 e. The summed E-state index contributed by atoms with van der Waals surface area (Å²) in [6.07, 6.45) is 6.66. The largest absolute Gasteiger partial charge is 0.382 e. The Kier molecular flexibility index (Phi) is 4.04. The molecule has 9 nitrogen and oxygen atoms in total. The Morgan fingerprint density at radius 3 is 2.67 bits per heavy atom. The molecule has 2 bridgehead atoms. The van der Waals surface area contributed by atoms with Crippen molar-refractivity contribution in [2.45, 2.75) is 50.2 Å². The highest BCUT2D eigenvalue weighted by Crippen LogP contribution is 2.48. The summed E-state index contributed by atoms with van der Waals surface area (Å²) in [7, 11) is 0. The number of fused-ring (bicyclic) bond motifs is 3. The Bertz CT molecular complexity index is 1060. The third-order valence-electron chi connectivity index (χ3n) is 6.90. The molecule has 6 heterocycles. The van der Waals surface area contributed by atoms with Crippen molar-refractivity contribution in [3.63, 3.8) is 0 Å². The van der Waals surface area contributed by atoms with Crippen molar-refractivity contribution < 1.29 is 9.47 Å². The summed E-state index contributed by atoms with van der Waals surface area (Å²) in [6, 6.07) is 4.12. The van der Waals surface area contributed by atoms with E-state index >= 15 is 0 Å². The van der Waals surface area contributed by atoms with Gasteiger partial charge in [0.2, 0.25) is 0 Å². The average molecular weight is 409 g/mol. The van der Waals surface area contributed by atoms with E-state index in [9.17, 15) is 0 Å². The van der Waals surface area contributed by atoms with Crippen molar-refractivity contribution >= 4 is 22.7 Å². The van der Waals surface area contributed by atoms with Crippen molar-refractivity contribution in [2.24, 2.45) is 0 Å². The lowest BCUT2D eigenvalue weighted by atomic mass is 9.73. The summed E-state index contributed by atoms with van der Waals surface area (Å²) in [5, 5.41) is 12.7. The number of hydrogen-bond acceptors (Lipinski definition) is 7. The predicted molar refractivity (Wildman–Crippen MR) is 113 cm³/mol. The van der Waals surface area contributed by atoms with E-state index in [0.717, 1.165) is 61.4 Å². The van der Waals surface area contributed by atoms with Gasteiger partial charge in [-0.1, -0.05) is 6.92 Å². The van der Waals surface area contributed by atoms with Crippen LogP contribution in [-0.4, -0.2) is 63.5 Å². The van der Waals surface area contributed by atoms with Gasteiger partial charge in [0.1, 0.15) is 5.82 Å². The third-order valence-corrected chi connectivity index (χ3v) is 6.90. The van der Waals surface area contributed by atoms with Crippen molar-refractivity contribution in [1.29, 1.82) is 0 Å². The van der Waals surface area contributed by atoms with Crippen LogP contribution >= 0.6 is 0 Å². The zero-order valence-electron chi connectivity index (χ0n) is 17.2. The molecule has 3 aliphatic heterocycles. The van der Waals surface area contributed by atoms with Gasteiger partial charge >= 0.3 is 0 Å². The maximum Gasteiger partial charge on any atom is 0.169 e. The molecule has 0 saturated carbocycles. The Hall–Kier alpha value is -2.65. The summed E-state index contributed by atoms with van der Waals surface area (Å²) in [6.45, 7) is 5.44. The number of morpholine rings is 1. The second-order valence-corrected chi connectivity index (χ2v) is 8.99. The Morgan fingerprint density at radius 1 is 1.20 bits per heavy atom. The summed E-state index contributed by atoms with van der Waals surface area (Å²) in [5.74, 6) is 2.23. The number of rotatable bonds is 3. The molecule has 30 heavy (non-hydrogen) atoms. The highest BCUT2D eigenvalue weighted by atomic mass is 16.5. The Labute approximate surface area is 174 Å². The van der Waals surface area contributed by atoms with Crippen molar-refractivity contribution in [2.75, 3.05) is 36.9 Å². The smallest absolute Gasteiger partial charge is 0.169 e. The van der Waals surface area contributed by atoms with Gasteiger partial charge in [-0.05, 0) is 42.7 Å². The van der Waals surface area contributed by atoms with Crippen LogP contribution in [0.4, 0.5) is 11.6 Å². The van der Waals surface area contributed by atoms with Crippen LogP contribution in [0.2, 0.25) is 0 Å². The molecule has 2 unspecified atom stereocenters. The van der Waals surface area contributed by atoms with E-state index in [1.165, 1.54) is 5.56 Å². The normalized spacial score (nSPS) is 29.0. The number of hydrogen-bond donors (Lipinski definition) is 2. The fourth-order valence-electron chi connectivity index (χ4n) is 5.48. The van der Waals surface area contributed by atoms with Crippen molar-refractivity contribution in [3.8, 4) is 5.82 Å². The molecule has 3 aliphatic rings. The maximum atomic E-state index is 6.49. The highest BCUT2D eigenvalue weighted by Gasteiger charge is 2.44. The summed E-state index contributed by atoms with van der Waals surface area (Å²) in [4.78, 5) is 7.32. The number of nitrogens with one attached hydrogen (secondary N) is 1. The number of H-pyrrole nitrogens is 1. The molecule has 0 radical (unpaired) electrons. The number of aromatic nitrogens is 5. The van der Waals surface area contributed by atoms with E-state index < -0.39 is 0 Å². The fourth-order valence-corrected chi connectivity index (χ4v) is 5.48. The molecular weight excluding hydrogens is 382 g/mol. The van der Waals surface area contributed by atoms with Crippen LogP contribution in [0.25, 0.3) is 16.9 Å². The van der Waals surface area contributed by atoms with Gasteiger partial charge in [-0.2, -0.15) is 9.78 Å². The van der Waals surface area contributed by atoms with Gasteiger partial charge in [-0.25, -0.2) is 4.98 Å². The van der Waals surface area contributed by atoms with Gasteiger partial charge in [-0.15, -0.1) is 5.10 Å². The first kappa shape index (κ1) is 18.1. The molecule has 0 spiro atoms. The highest BCUT2D eigenvalue weighted by molar-refractivity contribution is 5.93. The predicted octanol–water partition coefficient (Wildman–Crippen LogP) is 2.16. The monoisotopic (exact) mass is 409 g/mol. The molecular formula is C21H27N7O2. The molecule has 0 aromatic carbocycles. The first-order chi connectivity index (χ1) is 14.6. The quantitative estimate of drug-likeness (QED) is 0.683. The van der Waals surface area contributed by atoms with Crippen LogP contribution in [-0.2, 0) is 14.9 Å². The molecule has 3 saturated heterocycles. The first-order valence-corrected chi connectivity index (χ1v) is 10.8. The van der Waals surface area contributed by atoms with E-state index in [-0.39, 0.29) is 5.41 Å². The van der Waals surface area contributed by atoms with Crippen LogP contribution in [0, 0.1) is 0 Å². The van der Waals surface area contributed by atoms with Crippen molar-refractivity contribution in [3.05, 3.63) is 23.9 Å². The second kappa shape index (κ2) is 6.68. The van der Waals surface area contributed by atoms with Crippen LogP contribution in [0.15, 0.2) is 18.3 Å². The number of nitrogens with zero attached hydrogens (tertiary/aromatic N) is 5. The van der Waals surface area contributed by atoms with E-state index in [1.807, 2.05) is 6.07 Å². The van der Waals surface area contributed by atoms with Crippen LogP contribution < -0.4 is 10.6 Å². The number of ether oxygens (including phenoxy) is 2. The molecule has 3 aromatic heterocycles. The van der Waals surface area contributed by atoms with Crippen LogP contribution in [0.1, 0.15) is 38.2 Å². The lowest BCUT2D eigenvalue weighted by Crippen LogP contribution is -2.38. The molecule has 6 rings (SSSR count). The average Bonchev–Trinajstić information content (AvgIpc) is 3.48. The fraction of sp³-hybridized carbons (Fsp3) is 0.571. The zero-order chi connectivity index (χ0) is 20.3. The Balaban J connectivity index is 1.57. The summed E-state index contributed by atoms with van der Waals surface area (Å²) < 4.78 is 13.5. The number of nitrogen functional groups attached to an aromatic ring is 1. The van der Waals surface area contributed by atoms with Gasteiger partial charge in [-0.3, -0.25) is 5.10 Å². The molecule has 0 amide bonds. The van der Waals surface area contributed by atoms with E-state index in [4.69, 9.17) is 20.2 Å². The van der Waals surface area contributed by atoms with Gasteiger partial charge in [0, 0.05) is 19.2 Å². The zero-order valence-corrected chi connectivity index (χ0v) is 17.2. The lowest BCUT2D eigenvalue weighted by molar-refractivity contribution is -0.0266. The van der Waals surface area contributed by atoms with Gasteiger partial charge in [0.15, 0.2) is 17.3 Å². The molecule has 3 aromatic rings. The van der Waals surface area contributed by atoms with E-state index in [1.54, 1.807) is 10.9 Å². The topological polar surface area (TPSA) is 107 Å². The molecule has 3 N–H and O–H groups in total. The second-order valence-electron chi connectivity index (χ2n) is 8.99. The number of anilines is 2. The van der Waals surface area contributed by atoms with Gasteiger partial charge < -0.3 is 20.1 Å². The first-order valence-electron chi connectivity index (χ1n) is 10.8. The molecule has 3 fully saturated rings. The molecule has 158 valence electrons. The minimum atomic E-state index is -0.0255. The van der Waals surface area contributed by atoms with E-state index in [2.05, 4.69) is 33.2 Å². The lowest BCUT2D eigenvalue weighted by Gasteiger charge is -2.39. The van der Waals surface area contributed by atoms with Crippen LogP contribution in [0.3, 0.4) is 0 Å². The van der Waals surface area contributed by atoms with E-state index in [0.29, 0.717) is 31.2 Å². The molecule has 2 atom stereocenters. The van der Waals surface area contributed by atoms with Crippen LogP contribution in [0.5, 0.6) is 0 Å². The number of aromatic amines is 1. The van der Waals surface area contributed by atoms with Gasteiger partial charge in [0.05, 0.1) is 37.0 Å². The minimum absolute atomic E-state index is 0.0255. The maximum absolute atomic E-state index is 6.49. The number of pyridine rings is 1. The summed E-state index contributed by atoms with van der Waals surface area (Å²) in [5.41, 5.74) is 8.47. The third kappa shape index (κ3) is 2.79. The molecule has 9 heteroatoms. The Morgan fingerprint density at radius 2 is 1.97 bits per heavy atom. The summed E-state index contributed by atoms with van der Waals surface area (Å²) >= 11 is 0. The van der Waals surface area contributed by atoms with Gasteiger partial charge in [0.25, 0.3) is 0 Å². The standard InChI is InChI=1S/C21H27N7O2/c1-21(11-13-2-3-14(12-21)30-13)15-10-17(27-6-8-29-9-7-27)24-20-18(15)19(22)26-28(20)16-4-5-23-25-16/h4-5,10,13-14H,2-3,6-9,11-12H2,1H3,(H2,22,26)(H,23,25). The van der Waals surface area contributed by atoms with Crippen molar-refractivity contribution in [1.82, 2.24) is 25.0 Å². The number of nitrogens with two attached hydrogens (primary N) is 1. The molecule has 0 aliphatic carbocycles.